The number of allylic oxidation sites excluding steroid dienone is 1. The molecule has 0 radical (unpaired) electrons. The molecule has 0 spiro atoms. The van der Waals surface area contributed by atoms with Gasteiger partial charge in [-0.15, -0.1) is 0 Å². The van der Waals surface area contributed by atoms with E-state index in [2.05, 4.69) is 34.2 Å². The molecule has 4 heteroatoms. The predicted octanol–water partition coefficient (Wildman–Crippen LogP) is 1.91. The minimum absolute atomic E-state index is 0.743. The van der Waals surface area contributed by atoms with Gasteiger partial charge in [-0.1, -0.05) is 6.58 Å². The molecule has 1 aromatic heterocycles. The van der Waals surface area contributed by atoms with Crippen LogP contribution in [-0.4, -0.2) is 9.55 Å². The van der Waals surface area contributed by atoms with E-state index in [1.807, 2.05) is 23.9 Å². The van der Waals surface area contributed by atoms with Crippen molar-refractivity contribution in [2.24, 2.45) is 5.73 Å². The van der Waals surface area contributed by atoms with Gasteiger partial charge >= 0.3 is 0 Å². The summed E-state index contributed by atoms with van der Waals surface area (Å²) in [5.74, 6) is 0.809. The highest BCUT2D eigenvalue weighted by Gasteiger charge is 1.99. The molecule has 0 fully saturated rings. The number of nitrogens with two attached hydrogens (primary N) is 1. The Morgan fingerprint density at radius 2 is 2.50 bits per heavy atom. The molecule has 0 unspecified atom stereocenters. The van der Waals surface area contributed by atoms with E-state index in [9.17, 15) is 0 Å². The lowest BCUT2D eigenvalue weighted by atomic mass is 10.5. The Kier molecular flexibility index (Phi) is 2.91. The van der Waals surface area contributed by atoms with Gasteiger partial charge in [-0.3, -0.25) is 0 Å². The predicted molar refractivity (Wildman–Crippen MR) is 59.2 cm³/mol. The maximum absolute atomic E-state index is 5.53. The van der Waals surface area contributed by atoms with Gasteiger partial charge in [0.1, 0.15) is 9.53 Å². The van der Waals surface area contributed by atoms with Gasteiger partial charge < -0.3 is 10.3 Å². The fourth-order valence-corrected chi connectivity index (χ4v) is 1.40. The van der Waals surface area contributed by atoms with Crippen LogP contribution in [0, 0.1) is 3.70 Å². The minimum atomic E-state index is 0.743. The molecule has 3 nitrogen and oxygen atoms in total. The number of aromatic nitrogens is 2. The monoisotopic (exact) mass is 275 g/mol. The van der Waals surface area contributed by atoms with Crippen LogP contribution in [0.15, 0.2) is 18.5 Å². The van der Waals surface area contributed by atoms with Gasteiger partial charge in [0.2, 0.25) is 0 Å². The first kappa shape index (κ1) is 9.31. The number of imidazole rings is 1. The van der Waals surface area contributed by atoms with E-state index in [0.717, 1.165) is 15.2 Å². The quantitative estimate of drug-likeness (QED) is 0.838. The molecular weight excluding hydrogens is 265 g/mol. The second-order valence-electron chi connectivity index (χ2n) is 2.41. The third-order valence-electron chi connectivity index (χ3n) is 1.26. The molecule has 12 heavy (non-hydrogen) atoms. The zero-order chi connectivity index (χ0) is 9.14. The van der Waals surface area contributed by atoms with Crippen molar-refractivity contribution in [3.05, 3.63) is 28.0 Å². The van der Waals surface area contributed by atoms with E-state index in [4.69, 9.17) is 5.73 Å². The summed E-state index contributed by atoms with van der Waals surface area (Å²) in [6, 6.07) is 0. The van der Waals surface area contributed by atoms with E-state index in [1.165, 1.54) is 0 Å². The van der Waals surface area contributed by atoms with Gasteiger partial charge in [-0.25, -0.2) is 4.98 Å². The SMILES string of the molecule is C=Cc1nc(I)cn1/C=C(/C)N. The van der Waals surface area contributed by atoms with Crippen molar-refractivity contribution in [2.75, 3.05) is 0 Å². The fraction of sp³-hybridized carbons (Fsp3) is 0.125. The highest BCUT2D eigenvalue weighted by atomic mass is 127. The largest absolute Gasteiger partial charge is 0.401 e. The van der Waals surface area contributed by atoms with Crippen LogP contribution >= 0.6 is 22.6 Å². The second kappa shape index (κ2) is 3.75. The zero-order valence-corrected chi connectivity index (χ0v) is 8.95. The first-order valence-electron chi connectivity index (χ1n) is 3.44. The van der Waals surface area contributed by atoms with Gasteiger partial charge in [0.05, 0.1) is 0 Å². The standard InChI is InChI=1S/C8H10IN3/c1-3-8-11-7(9)5-12(8)4-6(2)10/h3-5H,1,10H2,2H3/b6-4-. The van der Waals surface area contributed by atoms with Crippen LogP contribution in [-0.2, 0) is 0 Å². The average molecular weight is 275 g/mol. The van der Waals surface area contributed by atoms with Crippen molar-refractivity contribution in [2.45, 2.75) is 6.92 Å². The van der Waals surface area contributed by atoms with E-state index in [1.54, 1.807) is 6.08 Å². The molecule has 64 valence electrons. The average Bonchev–Trinajstić information content (AvgIpc) is 2.29. The molecule has 1 rings (SSSR count). The summed E-state index contributed by atoms with van der Waals surface area (Å²) in [6.07, 6.45) is 5.40. The maximum Gasteiger partial charge on any atom is 0.137 e. The summed E-state index contributed by atoms with van der Waals surface area (Å²) in [4.78, 5) is 4.21. The highest BCUT2D eigenvalue weighted by Crippen LogP contribution is 2.08. The molecule has 0 saturated carbocycles. The first-order valence-corrected chi connectivity index (χ1v) is 4.52. The van der Waals surface area contributed by atoms with Gasteiger partial charge in [0, 0.05) is 18.1 Å². The molecule has 0 saturated heterocycles. The molecule has 0 atom stereocenters. The molecule has 0 aliphatic carbocycles. The summed E-state index contributed by atoms with van der Waals surface area (Å²) in [5, 5.41) is 0. The molecule has 0 aliphatic heterocycles. The van der Waals surface area contributed by atoms with Crippen molar-refractivity contribution in [1.29, 1.82) is 0 Å². The van der Waals surface area contributed by atoms with Crippen LogP contribution in [0.3, 0.4) is 0 Å². The molecule has 1 aromatic rings. The van der Waals surface area contributed by atoms with Gasteiger partial charge in [-0.05, 0) is 35.6 Å². The highest BCUT2D eigenvalue weighted by molar-refractivity contribution is 14.1. The number of hydrogen-bond acceptors (Lipinski definition) is 2. The van der Waals surface area contributed by atoms with Gasteiger partial charge in [-0.2, -0.15) is 0 Å². The Balaban J connectivity index is 3.13. The van der Waals surface area contributed by atoms with E-state index >= 15 is 0 Å². The number of rotatable bonds is 2. The Morgan fingerprint density at radius 1 is 1.83 bits per heavy atom. The number of halogens is 1. The lowest BCUT2D eigenvalue weighted by Gasteiger charge is -1.96. The summed E-state index contributed by atoms with van der Waals surface area (Å²) < 4.78 is 2.78. The summed E-state index contributed by atoms with van der Waals surface area (Å²) in [6.45, 7) is 5.49. The fourth-order valence-electron chi connectivity index (χ4n) is 0.851. The molecular formula is C8H10IN3. The van der Waals surface area contributed by atoms with Crippen LogP contribution in [0.4, 0.5) is 0 Å². The van der Waals surface area contributed by atoms with Crippen LogP contribution in [0.1, 0.15) is 12.7 Å². The third kappa shape index (κ3) is 2.10. The Hall–Kier alpha value is -0.780. The second-order valence-corrected chi connectivity index (χ2v) is 3.51. The Morgan fingerprint density at radius 3 is 3.00 bits per heavy atom. The maximum atomic E-state index is 5.53. The summed E-state index contributed by atoms with van der Waals surface area (Å²) in [7, 11) is 0. The van der Waals surface area contributed by atoms with Crippen molar-refractivity contribution in [3.63, 3.8) is 0 Å². The number of nitrogens with zero attached hydrogens (tertiary/aromatic N) is 2. The molecule has 0 amide bonds. The Labute approximate surface area is 85.1 Å². The molecule has 0 aromatic carbocycles. The van der Waals surface area contributed by atoms with E-state index in [0.29, 0.717) is 0 Å². The molecule has 0 bridgehead atoms. The smallest absolute Gasteiger partial charge is 0.137 e. The minimum Gasteiger partial charge on any atom is -0.401 e. The van der Waals surface area contributed by atoms with Gasteiger partial charge in [0.15, 0.2) is 0 Å². The normalized spacial score (nSPS) is 11.7. The summed E-state index contributed by atoms with van der Waals surface area (Å²) >= 11 is 2.15. The van der Waals surface area contributed by atoms with E-state index in [-0.39, 0.29) is 0 Å². The Bertz CT molecular complexity index is 321. The van der Waals surface area contributed by atoms with Crippen LogP contribution in [0.25, 0.3) is 12.3 Å². The number of hydrogen-bond donors (Lipinski definition) is 1. The van der Waals surface area contributed by atoms with Gasteiger partial charge in [0.25, 0.3) is 0 Å². The van der Waals surface area contributed by atoms with Crippen LogP contribution in [0.5, 0.6) is 0 Å². The molecule has 1 heterocycles. The van der Waals surface area contributed by atoms with Crippen LogP contribution in [0.2, 0.25) is 0 Å². The van der Waals surface area contributed by atoms with E-state index < -0.39 is 0 Å². The van der Waals surface area contributed by atoms with Crippen LogP contribution < -0.4 is 5.73 Å². The lowest BCUT2D eigenvalue weighted by Crippen LogP contribution is -1.95. The van der Waals surface area contributed by atoms with Crippen molar-refractivity contribution in [1.82, 2.24) is 9.55 Å². The first-order chi connectivity index (χ1) is 5.63. The van der Waals surface area contributed by atoms with Crippen molar-refractivity contribution < 1.29 is 0 Å². The van der Waals surface area contributed by atoms with Crippen molar-refractivity contribution >= 4 is 34.9 Å². The zero-order valence-electron chi connectivity index (χ0n) is 6.79. The summed E-state index contributed by atoms with van der Waals surface area (Å²) in [5.41, 5.74) is 6.28. The molecule has 2 N–H and O–H groups in total. The lowest BCUT2D eigenvalue weighted by molar-refractivity contribution is 1.08. The third-order valence-corrected chi connectivity index (χ3v) is 1.78. The molecule has 0 aliphatic rings. The topological polar surface area (TPSA) is 43.8 Å². The van der Waals surface area contributed by atoms with Crippen molar-refractivity contribution in [3.8, 4) is 0 Å².